The summed E-state index contributed by atoms with van der Waals surface area (Å²) >= 11 is 0. The van der Waals surface area contributed by atoms with Gasteiger partial charge in [-0.25, -0.2) is 0 Å². The number of hydrogen-bond donors (Lipinski definition) is 2. The number of aliphatic hydroxyl groups is 2. The third-order valence-corrected chi connectivity index (χ3v) is 1.38. The van der Waals surface area contributed by atoms with Crippen LogP contribution < -0.4 is 0 Å². The fourth-order valence-corrected chi connectivity index (χ4v) is 0.650. The molecular weight excluding hydrogens is 128 g/mol. The quantitative estimate of drug-likeness (QED) is 0.444. The zero-order valence-electron chi connectivity index (χ0n) is 6.30. The van der Waals surface area contributed by atoms with Gasteiger partial charge in [-0.05, 0) is 19.8 Å². The first kappa shape index (κ1) is 9.48. The Morgan fingerprint density at radius 1 is 1.60 bits per heavy atom. The van der Waals surface area contributed by atoms with Crippen LogP contribution in [0.3, 0.4) is 0 Å². The molecule has 2 N–H and O–H groups in total. The fraction of sp³-hybridized carbons (Fsp3) is 0.750. The third-order valence-electron chi connectivity index (χ3n) is 1.38. The lowest BCUT2D eigenvalue weighted by atomic mass is 10.0. The van der Waals surface area contributed by atoms with Crippen molar-refractivity contribution in [2.45, 2.75) is 31.8 Å². The van der Waals surface area contributed by atoms with Crippen LogP contribution in [0.15, 0.2) is 0 Å². The van der Waals surface area contributed by atoms with Crippen LogP contribution >= 0.6 is 0 Å². The molecule has 58 valence electrons. The zero-order chi connectivity index (χ0) is 8.04. The highest BCUT2D eigenvalue weighted by molar-refractivity contribution is 4.84. The molecule has 2 nitrogen and oxygen atoms in total. The number of hydrogen-bond acceptors (Lipinski definition) is 2. The summed E-state index contributed by atoms with van der Waals surface area (Å²) in [5.41, 5.74) is -0.948. The van der Waals surface area contributed by atoms with Crippen molar-refractivity contribution in [1.29, 1.82) is 0 Å². The van der Waals surface area contributed by atoms with Crippen molar-refractivity contribution in [2.75, 3.05) is 6.61 Å². The molecule has 0 saturated heterocycles. The van der Waals surface area contributed by atoms with Crippen LogP contribution in [0.4, 0.5) is 0 Å². The predicted molar refractivity (Wildman–Crippen MR) is 40.4 cm³/mol. The van der Waals surface area contributed by atoms with Crippen molar-refractivity contribution in [3.8, 4) is 12.3 Å². The summed E-state index contributed by atoms with van der Waals surface area (Å²) in [6.07, 6.45) is 7.00. The second kappa shape index (κ2) is 4.32. The Kier molecular flexibility index (Phi) is 4.10. The highest BCUT2D eigenvalue weighted by atomic mass is 16.3. The second-order valence-electron chi connectivity index (χ2n) is 2.71. The molecular formula is C8H14O2. The van der Waals surface area contributed by atoms with E-state index in [4.69, 9.17) is 11.5 Å². The highest BCUT2D eigenvalue weighted by Crippen LogP contribution is 2.11. The van der Waals surface area contributed by atoms with Crippen molar-refractivity contribution in [2.24, 2.45) is 0 Å². The highest BCUT2D eigenvalue weighted by Gasteiger charge is 2.17. The molecule has 0 spiro atoms. The number of aliphatic hydroxyl groups excluding tert-OH is 1. The lowest BCUT2D eigenvalue weighted by molar-refractivity contribution is -0.00618. The van der Waals surface area contributed by atoms with E-state index < -0.39 is 5.60 Å². The summed E-state index contributed by atoms with van der Waals surface area (Å²) in [5.74, 6) is 2.47. The molecule has 1 atom stereocenters. The Morgan fingerprint density at radius 2 is 2.20 bits per heavy atom. The van der Waals surface area contributed by atoms with Gasteiger partial charge in [0.15, 0.2) is 0 Å². The van der Waals surface area contributed by atoms with Crippen molar-refractivity contribution < 1.29 is 10.2 Å². The minimum Gasteiger partial charge on any atom is -0.393 e. The van der Waals surface area contributed by atoms with Crippen LogP contribution in [0.2, 0.25) is 0 Å². The molecule has 0 saturated carbocycles. The molecule has 0 aliphatic heterocycles. The first-order valence-electron chi connectivity index (χ1n) is 3.39. The van der Waals surface area contributed by atoms with E-state index >= 15 is 0 Å². The third kappa shape index (κ3) is 4.37. The van der Waals surface area contributed by atoms with Crippen LogP contribution in [-0.2, 0) is 0 Å². The van der Waals surface area contributed by atoms with Gasteiger partial charge in [0, 0.05) is 6.42 Å². The van der Waals surface area contributed by atoms with Gasteiger partial charge in [-0.3, -0.25) is 0 Å². The molecule has 0 aromatic carbocycles. The molecule has 0 aromatic heterocycles. The topological polar surface area (TPSA) is 40.5 Å². The van der Waals surface area contributed by atoms with Crippen LogP contribution in [0.5, 0.6) is 0 Å². The van der Waals surface area contributed by atoms with Gasteiger partial charge in [0.2, 0.25) is 0 Å². The lowest BCUT2D eigenvalue weighted by Gasteiger charge is -2.18. The van der Waals surface area contributed by atoms with Crippen molar-refractivity contribution in [3.05, 3.63) is 0 Å². The summed E-state index contributed by atoms with van der Waals surface area (Å²) in [6, 6.07) is 0. The molecule has 0 aromatic rings. The Morgan fingerprint density at radius 3 is 2.60 bits per heavy atom. The lowest BCUT2D eigenvalue weighted by Crippen LogP contribution is -2.28. The maximum absolute atomic E-state index is 9.23. The van der Waals surface area contributed by atoms with E-state index in [1.165, 1.54) is 0 Å². The van der Waals surface area contributed by atoms with Crippen LogP contribution in [0.1, 0.15) is 26.2 Å². The first-order valence-corrected chi connectivity index (χ1v) is 3.39. The second-order valence-corrected chi connectivity index (χ2v) is 2.71. The van der Waals surface area contributed by atoms with E-state index in [0.29, 0.717) is 12.8 Å². The van der Waals surface area contributed by atoms with Gasteiger partial charge < -0.3 is 10.2 Å². The molecule has 0 bridgehead atoms. The summed E-state index contributed by atoms with van der Waals surface area (Å²) < 4.78 is 0. The van der Waals surface area contributed by atoms with Gasteiger partial charge in [0.25, 0.3) is 0 Å². The molecule has 0 heterocycles. The van der Waals surface area contributed by atoms with Crippen LogP contribution in [0, 0.1) is 12.3 Å². The van der Waals surface area contributed by atoms with Crippen molar-refractivity contribution in [1.82, 2.24) is 0 Å². The van der Waals surface area contributed by atoms with Crippen LogP contribution in [-0.4, -0.2) is 22.4 Å². The predicted octanol–water partition coefficient (Wildman–Crippen LogP) is 0.533. The van der Waals surface area contributed by atoms with Gasteiger partial charge in [0.1, 0.15) is 0 Å². The number of rotatable bonds is 4. The van der Waals surface area contributed by atoms with E-state index in [1.807, 2.05) is 0 Å². The van der Waals surface area contributed by atoms with E-state index in [1.54, 1.807) is 6.92 Å². The SMILES string of the molecule is C#CCCC[C@@](C)(O)CO. The Labute approximate surface area is 61.9 Å². The number of terminal acetylenes is 1. The molecule has 2 heteroatoms. The van der Waals surface area contributed by atoms with Gasteiger partial charge in [-0.1, -0.05) is 0 Å². The average molecular weight is 142 g/mol. The Balaban J connectivity index is 3.39. The molecule has 10 heavy (non-hydrogen) atoms. The summed E-state index contributed by atoms with van der Waals surface area (Å²) in [5, 5.41) is 17.8. The zero-order valence-corrected chi connectivity index (χ0v) is 6.30. The standard InChI is InChI=1S/C8H14O2/c1-3-4-5-6-8(2,10)7-9/h1,9-10H,4-7H2,2H3/t8-/m1/s1. The minimum atomic E-state index is -0.948. The van der Waals surface area contributed by atoms with E-state index in [9.17, 15) is 5.11 Å². The summed E-state index contributed by atoms with van der Waals surface area (Å²) in [7, 11) is 0. The Hall–Kier alpha value is -0.520. The van der Waals surface area contributed by atoms with Crippen molar-refractivity contribution >= 4 is 0 Å². The van der Waals surface area contributed by atoms with Gasteiger partial charge in [0.05, 0.1) is 12.2 Å². The van der Waals surface area contributed by atoms with E-state index in [-0.39, 0.29) is 6.61 Å². The molecule has 0 radical (unpaired) electrons. The van der Waals surface area contributed by atoms with Gasteiger partial charge >= 0.3 is 0 Å². The normalized spacial score (nSPS) is 15.8. The van der Waals surface area contributed by atoms with E-state index in [0.717, 1.165) is 6.42 Å². The largest absolute Gasteiger partial charge is 0.393 e. The van der Waals surface area contributed by atoms with Crippen LogP contribution in [0.25, 0.3) is 0 Å². The van der Waals surface area contributed by atoms with Crippen molar-refractivity contribution in [3.63, 3.8) is 0 Å². The fourth-order valence-electron chi connectivity index (χ4n) is 0.650. The van der Waals surface area contributed by atoms with E-state index in [2.05, 4.69) is 5.92 Å². The minimum absolute atomic E-state index is 0.197. The van der Waals surface area contributed by atoms with Gasteiger partial charge in [-0.15, -0.1) is 12.3 Å². The maximum Gasteiger partial charge on any atom is 0.0849 e. The molecule has 0 aliphatic rings. The molecule has 0 unspecified atom stereocenters. The maximum atomic E-state index is 9.23. The first-order chi connectivity index (χ1) is 4.62. The summed E-state index contributed by atoms with van der Waals surface area (Å²) in [4.78, 5) is 0. The average Bonchev–Trinajstić information content (AvgIpc) is 1.89. The summed E-state index contributed by atoms with van der Waals surface area (Å²) in [6.45, 7) is 1.40. The smallest absolute Gasteiger partial charge is 0.0849 e. The molecule has 0 amide bonds. The monoisotopic (exact) mass is 142 g/mol. The molecule has 0 rings (SSSR count). The van der Waals surface area contributed by atoms with Gasteiger partial charge in [-0.2, -0.15) is 0 Å². The number of unbranched alkanes of at least 4 members (excludes halogenated alkanes) is 1. The Bertz CT molecular complexity index is 122. The molecule has 0 aliphatic carbocycles. The molecule has 0 fully saturated rings.